The van der Waals surface area contributed by atoms with Crippen LogP contribution in [-0.2, 0) is 10.0 Å². The third-order valence-corrected chi connectivity index (χ3v) is 5.00. The molecule has 19 heavy (non-hydrogen) atoms. The summed E-state index contributed by atoms with van der Waals surface area (Å²) in [5.74, 6) is 0.643. The maximum Gasteiger partial charge on any atom is 0.243 e. The lowest BCUT2D eigenvalue weighted by molar-refractivity contribution is 0.316. The van der Waals surface area contributed by atoms with Gasteiger partial charge in [0.15, 0.2) is 0 Å². The zero-order valence-corrected chi connectivity index (χ0v) is 12.4. The van der Waals surface area contributed by atoms with Crippen LogP contribution in [0, 0.1) is 0 Å². The SMILES string of the molecule is COc1ccc(S(=O)(=O)N2CCC[C@@H](N)C2)cc1.Cl. The van der Waals surface area contributed by atoms with Crippen LogP contribution in [0.4, 0.5) is 0 Å². The lowest BCUT2D eigenvalue weighted by atomic mass is 10.1. The van der Waals surface area contributed by atoms with E-state index in [0.29, 0.717) is 18.8 Å². The minimum absolute atomic E-state index is 0. The molecule has 1 aliphatic heterocycles. The van der Waals surface area contributed by atoms with Gasteiger partial charge in [0.05, 0.1) is 12.0 Å². The number of sulfonamides is 1. The molecule has 1 atom stereocenters. The predicted octanol–water partition coefficient (Wildman–Crippen LogP) is 1.23. The summed E-state index contributed by atoms with van der Waals surface area (Å²) in [6.07, 6.45) is 1.70. The topological polar surface area (TPSA) is 72.6 Å². The highest BCUT2D eigenvalue weighted by molar-refractivity contribution is 7.89. The van der Waals surface area contributed by atoms with Crippen molar-refractivity contribution in [3.05, 3.63) is 24.3 Å². The monoisotopic (exact) mass is 306 g/mol. The second kappa shape index (κ2) is 6.56. The Bertz CT molecular complexity index is 504. The van der Waals surface area contributed by atoms with Crippen molar-refractivity contribution in [2.24, 2.45) is 5.73 Å². The number of halogens is 1. The highest BCUT2D eigenvalue weighted by Crippen LogP contribution is 2.22. The van der Waals surface area contributed by atoms with Gasteiger partial charge in [0, 0.05) is 19.1 Å². The van der Waals surface area contributed by atoms with Gasteiger partial charge in [-0.1, -0.05) is 0 Å². The fourth-order valence-electron chi connectivity index (χ4n) is 2.09. The van der Waals surface area contributed by atoms with E-state index in [4.69, 9.17) is 10.5 Å². The molecule has 1 saturated heterocycles. The van der Waals surface area contributed by atoms with E-state index in [0.717, 1.165) is 12.8 Å². The first kappa shape index (κ1) is 16.2. The molecular weight excluding hydrogens is 288 g/mol. The Morgan fingerprint density at radius 3 is 2.47 bits per heavy atom. The van der Waals surface area contributed by atoms with Gasteiger partial charge < -0.3 is 10.5 Å². The van der Waals surface area contributed by atoms with Crippen LogP contribution in [0.3, 0.4) is 0 Å². The number of nitrogens with two attached hydrogens (primary N) is 1. The predicted molar refractivity (Wildman–Crippen MR) is 76.2 cm³/mol. The largest absolute Gasteiger partial charge is 0.497 e. The van der Waals surface area contributed by atoms with Crippen molar-refractivity contribution >= 4 is 22.4 Å². The molecule has 1 aromatic rings. The van der Waals surface area contributed by atoms with Gasteiger partial charge in [0.25, 0.3) is 0 Å². The first-order valence-corrected chi connectivity index (χ1v) is 7.38. The second-order valence-corrected chi connectivity index (χ2v) is 6.38. The zero-order chi connectivity index (χ0) is 13.2. The molecule has 1 aliphatic rings. The Morgan fingerprint density at radius 1 is 1.32 bits per heavy atom. The summed E-state index contributed by atoms with van der Waals surface area (Å²) >= 11 is 0. The quantitative estimate of drug-likeness (QED) is 0.911. The molecule has 0 amide bonds. The molecule has 0 saturated carbocycles. The molecule has 0 bridgehead atoms. The van der Waals surface area contributed by atoms with Crippen molar-refractivity contribution < 1.29 is 13.2 Å². The van der Waals surface area contributed by atoms with Crippen LogP contribution < -0.4 is 10.5 Å². The molecule has 2 N–H and O–H groups in total. The number of piperidine rings is 1. The molecule has 0 aliphatic carbocycles. The molecule has 0 unspecified atom stereocenters. The third-order valence-electron chi connectivity index (χ3n) is 3.12. The number of ether oxygens (including phenoxy) is 1. The van der Waals surface area contributed by atoms with E-state index in [-0.39, 0.29) is 23.3 Å². The molecule has 2 rings (SSSR count). The zero-order valence-electron chi connectivity index (χ0n) is 10.8. The van der Waals surface area contributed by atoms with Gasteiger partial charge in [-0.25, -0.2) is 8.42 Å². The normalized spacial score (nSPS) is 20.6. The summed E-state index contributed by atoms with van der Waals surface area (Å²) in [5.41, 5.74) is 5.82. The fraction of sp³-hybridized carbons (Fsp3) is 0.500. The maximum absolute atomic E-state index is 12.4. The van der Waals surface area contributed by atoms with E-state index >= 15 is 0 Å². The van der Waals surface area contributed by atoms with E-state index in [1.807, 2.05) is 0 Å². The lowest BCUT2D eigenvalue weighted by Gasteiger charge is -2.29. The molecule has 0 spiro atoms. The Kier molecular flexibility index (Phi) is 5.61. The molecule has 0 radical (unpaired) electrons. The van der Waals surface area contributed by atoms with Crippen molar-refractivity contribution in [1.29, 1.82) is 0 Å². The van der Waals surface area contributed by atoms with E-state index in [1.165, 1.54) is 4.31 Å². The van der Waals surface area contributed by atoms with Gasteiger partial charge in [-0.2, -0.15) is 4.31 Å². The van der Waals surface area contributed by atoms with E-state index in [9.17, 15) is 8.42 Å². The Balaban J connectivity index is 0.00000180. The molecule has 1 fully saturated rings. The summed E-state index contributed by atoms with van der Waals surface area (Å²) in [4.78, 5) is 0.289. The first-order valence-electron chi connectivity index (χ1n) is 5.94. The number of benzene rings is 1. The van der Waals surface area contributed by atoms with Crippen molar-refractivity contribution in [2.75, 3.05) is 20.2 Å². The van der Waals surface area contributed by atoms with Crippen molar-refractivity contribution in [2.45, 2.75) is 23.8 Å². The van der Waals surface area contributed by atoms with Gasteiger partial charge in [-0.15, -0.1) is 12.4 Å². The molecule has 1 aromatic carbocycles. The smallest absolute Gasteiger partial charge is 0.243 e. The van der Waals surface area contributed by atoms with Crippen LogP contribution in [0.25, 0.3) is 0 Å². The maximum atomic E-state index is 12.4. The Labute approximate surface area is 120 Å². The van der Waals surface area contributed by atoms with Crippen LogP contribution in [0.5, 0.6) is 5.75 Å². The second-order valence-electron chi connectivity index (χ2n) is 4.44. The number of hydrogen-bond acceptors (Lipinski definition) is 4. The summed E-state index contributed by atoms with van der Waals surface area (Å²) < 4.78 is 31.2. The van der Waals surface area contributed by atoms with Crippen LogP contribution in [0.1, 0.15) is 12.8 Å². The average Bonchev–Trinajstić information content (AvgIpc) is 2.39. The number of rotatable bonds is 3. The molecule has 1 heterocycles. The van der Waals surface area contributed by atoms with Gasteiger partial charge >= 0.3 is 0 Å². The van der Waals surface area contributed by atoms with E-state index in [2.05, 4.69) is 0 Å². The van der Waals surface area contributed by atoms with Crippen molar-refractivity contribution in [1.82, 2.24) is 4.31 Å². The van der Waals surface area contributed by atoms with Crippen LogP contribution in [0.2, 0.25) is 0 Å². The van der Waals surface area contributed by atoms with Gasteiger partial charge in [0.2, 0.25) is 10.0 Å². The number of methoxy groups -OCH3 is 1. The molecule has 108 valence electrons. The summed E-state index contributed by atoms with van der Waals surface area (Å²) in [6, 6.07) is 6.36. The van der Waals surface area contributed by atoms with Gasteiger partial charge in [-0.05, 0) is 37.1 Å². The first-order chi connectivity index (χ1) is 8.54. The van der Waals surface area contributed by atoms with Crippen molar-refractivity contribution in [3.8, 4) is 5.75 Å². The van der Waals surface area contributed by atoms with Crippen LogP contribution >= 0.6 is 12.4 Å². The number of nitrogens with zero attached hydrogens (tertiary/aromatic N) is 1. The van der Waals surface area contributed by atoms with Gasteiger partial charge in [-0.3, -0.25) is 0 Å². The Morgan fingerprint density at radius 2 is 1.95 bits per heavy atom. The third kappa shape index (κ3) is 3.60. The van der Waals surface area contributed by atoms with Crippen molar-refractivity contribution in [3.63, 3.8) is 0 Å². The molecule has 5 nitrogen and oxygen atoms in total. The highest BCUT2D eigenvalue weighted by Gasteiger charge is 2.28. The molecular formula is C12H19ClN2O3S. The molecule has 0 aromatic heterocycles. The Hall–Kier alpha value is -0.820. The fourth-order valence-corrected chi connectivity index (χ4v) is 3.62. The lowest BCUT2D eigenvalue weighted by Crippen LogP contribution is -2.45. The summed E-state index contributed by atoms with van der Waals surface area (Å²) in [5, 5.41) is 0. The summed E-state index contributed by atoms with van der Waals surface area (Å²) in [7, 11) is -1.87. The van der Waals surface area contributed by atoms with Crippen LogP contribution in [-0.4, -0.2) is 39.0 Å². The van der Waals surface area contributed by atoms with E-state index < -0.39 is 10.0 Å². The highest BCUT2D eigenvalue weighted by atomic mass is 35.5. The van der Waals surface area contributed by atoms with E-state index in [1.54, 1.807) is 31.4 Å². The van der Waals surface area contributed by atoms with Gasteiger partial charge in [0.1, 0.15) is 5.75 Å². The number of hydrogen-bond donors (Lipinski definition) is 1. The minimum atomic E-state index is -3.42. The van der Waals surface area contributed by atoms with Crippen LogP contribution in [0.15, 0.2) is 29.2 Å². The summed E-state index contributed by atoms with van der Waals surface area (Å²) in [6.45, 7) is 0.941. The average molecular weight is 307 g/mol. The standard InChI is InChI=1S/C12H18N2O3S.ClH/c1-17-11-4-6-12(7-5-11)18(15,16)14-8-2-3-10(13)9-14;/h4-7,10H,2-3,8-9,13H2,1H3;1H/t10-;/m1./s1. The molecule has 7 heteroatoms. The minimum Gasteiger partial charge on any atom is -0.497 e.